The van der Waals surface area contributed by atoms with E-state index >= 15 is 0 Å². The summed E-state index contributed by atoms with van der Waals surface area (Å²) in [4.78, 5) is 7.38. The monoisotopic (exact) mass is 554 g/mol. The second kappa shape index (κ2) is 10.3. The first-order chi connectivity index (χ1) is 20.8. The van der Waals surface area contributed by atoms with Crippen molar-refractivity contribution in [3.05, 3.63) is 158 Å². The van der Waals surface area contributed by atoms with E-state index < -0.39 is 0 Å². The molecule has 0 saturated heterocycles. The minimum atomic E-state index is 1.03. The molecule has 2 heterocycles. The van der Waals surface area contributed by atoms with E-state index in [4.69, 9.17) is 4.98 Å². The maximum Gasteiger partial charge on any atom is 0.0896 e. The van der Waals surface area contributed by atoms with E-state index in [1.54, 1.807) is 0 Å². The number of benzene rings is 6. The second-order valence-corrected chi connectivity index (χ2v) is 11.6. The Kier molecular flexibility index (Phi) is 6.02. The quantitative estimate of drug-likeness (QED) is 0.210. The largest absolute Gasteiger partial charge is 0.310 e. The number of thiophene rings is 1. The van der Waals surface area contributed by atoms with Crippen molar-refractivity contribution < 1.29 is 0 Å². The van der Waals surface area contributed by atoms with Crippen LogP contribution in [0.3, 0.4) is 0 Å². The summed E-state index contributed by atoms with van der Waals surface area (Å²) in [5, 5.41) is 2.37. The van der Waals surface area contributed by atoms with Crippen LogP contribution in [0.1, 0.15) is 0 Å². The Morgan fingerprint density at radius 1 is 0.429 bits per heavy atom. The highest BCUT2D eigenvalue weighted by Crippen LogP contribution is 2.41. The van der Waals surface area contributed by atoms with Gasteiger partial charge >= 0.3 is 0 Å². The molecule has 6 aromatic carbocycles. The molecule has 0 bridgehead atoms. The molecule has 0 spiro atoms. The van der Waals surface area contributed by atoms with Gasteiger partial charge in [-0.15, -0.1) is 11.3 Å². The van der Waals surface area contributed by atoms with Crippen LogP contribution in [-0.4, -0.2) is 4.98 Å². The topological polar surface area (TPSA) is 16.1 Å². The summed E-state index contributed by atoms with van der Waals surface area (Å²) in [5.41, 5.74) is 10.3. The van der Waals surface area contributed by atoms with E-state index in [2.05, 4.69) is 163 Å². The third-order valence-electron chi connectivity index (χ3n) is 7.85. The minimum absolute atomic E-state index is 1.03. The van der Waals surface area contributed by atoms with Crippen LogP contribution in [0.2, 0.25) is 0 Å². The number of fused-ring (bicyclic) bond motifs is 4. The van der Waals surface area contributed by atoms with Gasteiger partial charge in [-0.2, -0.15) is 0 Å². The lowest BCUT2D eigenvalue weighted by molar-refractivity contribution is 1.29. The van der Waals surface area contributed by atoms with Gasteiger partial charge in [-0.25, -0.2) is 4.98 Å². The van der Waals surface area contributed by atoms with E-state index in [1.165, 1.54) is 42.4 Å². The van der Waals surface area contributed by atoms with Crippen LogP contribution in [0.25, 0.3) is 53.5 Å². The summed E-state index contributed by atoms with van der Waals surface area (Å²) in [6, 6.07) is 56.2. The molecule has 0 N–H and O–H groups in total. The molecule has 8 aromatic rings. The van der Waals surface area contributed by atoms with Crippen molar-refractivity contribution in [2.24, 2.45) is 0 Å². The molecule has 3 heteroatoms. The summed E-state index contributed by atoms with van der Waals surface area (Å²) in [7, 11) is 0. The van der Waals surface area contributed by atoms with Gasteiger partial charge < -0.3 is 4.90 Å². The average molecular weight is 555 g/mol. The first-order valence-corrected chi connectivity index (χ1v) is 14.9. The molecule has 0 aliphatic carbocycles. The standard InChI is InChI=1S/C39H26N2S/c1-3-9-27(10-4-1)29-15-19-32(20-16-29)41(33-21-17-30(18-22-33)28-11-5-2-6-12-28)34-23-24-35-37(26-34)42-38-25-31-13-7-8-14-36(31)40-39(35)38/h1-26H. The maximum atomic E-state index is 5.03. The predicted octanol–water partition coefficient (Wildman–Crippen LogP) is 11.4. The number of hydrogen-bond acceptors (Lipinski definition) is 3. The Hall–Kier alpha value is -5.25. The van der Waals surface area contributed by atoms with Crippen molar-refractivity contribution in [2.75, 3.05) is 4.90 Å². The average Bonchev–Trinajstić information content (AvgIpc) is 3.42. The first kappa shape index (κ1) is 24.5. The molecule has 8 rings (SSSR count). The maximum absolute atomic E-state index is 5.03. The number of anilines is 3. The Labute approximate surface area is 248 Å². The van der Waals surface area contributed by atoms with Gasteiger partial charge in [0, 0.05) is 32.5 Å². The zero-order chi connectivity index (χ0) is 27.9. The fourth-order valence-corrected chi connectivity index (χ4v) is 6.86. The van der Waals surface area contributed by atoms with Crippen molar-refractivity contribution >= 4 is 59.6 Å². The summed E-state index contributed by atoms with van der Waals surface area (Å²) in [6.45, 7) is 0. The van der Waals surface area contributed by atoms with Crippen molar-refractivity contribution in [2.45, 2.75) is 0 Å². The number of nitrogens with zero attached hydrogens (tertiary/aromatic N) is 2. The number of para-hydroxylation sites is 1. The Morgan fingerprint density at radius 3 is 1.57 bits per heavy atom. The molecule has 0 fully saturated rings. The highest BCUT2D eigenvalue weighted by molar-refractivity contribution is 7.25. The highest BCUT2D eigenvalue weighted by atomic mass is 32.1. The number of aromatic nitrogens is 1. The summed E-state index contributed by atoms with van der Waals surface area (Å²) >= 11 is 1.81. The van der Waals surface area contributed by atoms with Crippen LogP contribution in [0.15, 0.2) is 158 Å². The van der Waals surface area contributed by atoms with Gasteiger partial charge in [0.15, 0.2) is 0 Å². The zero-order valence-corrected chi connectivity index (χ0v) is 23.6. The number of pyridine rings is 1. The van der Waals surface area contributed by atoms with Gasteiger partial charge in [-0.3, -0.25) is 0 Å². The molecule has 2 aromatic heterocycles. The van der Waals surface area contributed by atoms with Crippen LogP contribution in [-0.2, 0) is 0 Å². The fourth-order valence-electron chi connectivity index (χ4n) is 5.73. The molecular formula is C39H26N2S. The van der Waals surface area contributed by atoms with Crippen LogP contribution in [0, 0.1) is 0 Å². The molecule has 0 saturated carbocycles. The Balaban J connectivity index is 1.25. The zero-order valence-electron chi connectivity index (χ0n) is 22.8. The van der Waals surface area contributed by atoms with Gasteiger partial charge in [0.2, 0.25) is 0 Å². The lowest BCUT2D eigenvalue weighted by atomic mass is 10.0. The molecule has 198 valence electrons. The second-order valence-electron chi connectivity index (χ2n) is 10.5. The smallest absolute Gasteiger partial charge is 0.0896 e. The highest BCUT2D eigenvalue weighted by Gasteiger charge is 2.16. The minimum Gasteiger partial charge on any atom is -0.310 e. The Morgan fingerprint density at radius 2 is 0.952 bits per heavy atom. The van der Waals surface area contributed by atoms with Crippen LogP contribution < -0.4 is 4.90 Å². The lowest BCUT2D eigenvalue weighted by Crippen LogP contribution is -2.09. The first-order valence-electron chi connectivity index (χ1n) is 14.1. The molecule has 0 aliphatic heterocycles. The molecule has 0 aliphatic rings. The molecule has 0 radical (unpaired) electrons. The number of hydrogen-bond donors (Lipinski definition) is 0. The van der Waals surface area contributed by atoms with Gasteiger partial charge in [-0.1, -0.05) is 103 Å². The van der Waals surface area contributed by atoms with E-state index in [9.17, 15) is 0 Å². The van der Waals surface area contributed by atoms with E-state index in [-0.39, 0.29) is 0 Å². The van der Waals surface area contributed by atoms with E-state index in [0.717, 1.165) is 28.1 Å². The molecule has 0 amide bonds. The lowest BCUT2D eigenvalue weighted by Gasteiger charge is -2.26. The van der Waals surface area contributed by atoms with Gasteiger partial charge in [0.1, 0.15) is 0 Å². The molecule has 42 heavy (non-hydrogen) atoms. The molecule has 2 nitrogen and oxygen atoms in total. The fraction of sp³-hybridized carbons (Fsp3) is 0. The summed E-state index contributed by atoms with van der Waals surface area (Å²) < 4.78 is 2.45. The van der Waals surface area contributed by atoms with Gasteiger partial charge in [0.05, 0.1) is 15.7 Å². The van der Waals surface area contributed by atoms with Gasteiger partial charge in [-0.05, 0) is 76.9 Å². The van der Waals surface area contributed by atoms with Gasteiger partial charge in [0.25, 0.3) is 0 Å². The predicted molar refractivity (Wildman–Crippen MR) is 180 cm³/mol. The molecular weight excluding hydrogens is 529 g/mol. The van der Waals surface area contributed by atoms with E-state index in [0.29, 0.717) is 0 Å². The summed E-state index contributed by atoms with van der Waals surface area (Å²) in [5.74, 6) is 0. The van der Waals surface area contributed by atoms with Crippen molar-refractivity contribution in [3.8, 4) is 22.3 Å². The van der Waals surface area contributed by atoms with E-state index in [1.807, 2.05) is 11.3 Å². The third-order valence-corrected chi connectivity index (χ3v) is 8.94. The van der Waals surface area contributed by atoms with Crippen LogP contribution in [0.5, 0.6) is 0 Å². The van der Waals surface area contributed by atoms with Crippen molar-refractivity contribution in [3.63, 3.8) is 0 Å². The Bertz CT molecular complexity index is 2080. The van der Waals surface area contributed by atoms with Crippen molar-refractivity contribution in [1.82, 2.24) is 4.98 Å². The van der Waals surface area contributed by atoms with Crippen LogP contribution in [0.4, 0.5) is 17.1 Å². The summed E-state index contributed by atoms with van der Waals surface area (Å²) in [6.07, 6.45) is 0. The molecule has 0 atom stereocenters. The van der Waals surface area contributed by atoms with Crippen LogP contribution >= 0.6 is 11.3 Å². The third kappa shape index (κ3) is 4.41. The molecule has 0 unspecified atom stereocenters. The van der Waals surface area contributed by atoms with Crippen molar-refractivity contribution in [1.29, 1.82) is 0 Å². The SMILES string of the molecule is c1ccc(-c2ccc(N(c3ccc(-c4ccccc4)cc3)c3ccc4c(c3)sc3cc5ccccc5nc34)cc2)cc1. The normalized spacial score (nSPS) is 11.3. The number of rotatable bonds is 5.